The minimum Gasteiger partial charge on any atom is -0.352 e. The maximum atomic E-state index is 14.7. The first-order valence-electron chi connectivity index (χ1n) is 13.4. The Bertz CT molecular complexity index is 1790. The molecule has 0 N–H and O–H groups in total. The van der Waals surface area contributed by atoms with Gasteiger partial charge < -0.3 is 4.90 Å². The standard InChI is InChI=1S/C34H24N2O5/c1-20-13-15-22(16-14-20)29-30(31(37)23-8-6-9-24(19-23)36(40)41)35-27-12-5-2-7-21(27)17-18-28(35)34(29)32(38)25-10-3-4-11-26(25)33(34)39/h2-19,28-30H,1H3/t28-,29-,30+/m0/s1. The molecule has 200 valence electrons. The molecule has 1 saturated heterocycles. The van der Waals surface area contributed by atoms with E-state index in [1.165, 1.54) is 18.2 Å². The number of hydrogen-bond acceptors (Lipinski definition) is 6. The molecule has 4 aromatic rings. The van der Waals surface area contributed by atoms with E-state index in [1.54, 1.807) is 30.3 Å². The summed E-state index contributed by atoms with van der Waals surface area (Å²) >= 11 is 0. The quantitative estimate of drug-likeness (QED) is 0.132. The molecule has 0 saturated carbocycles. The Morgan fingerprint density at radius 1 is 0.854 bits per heavy atom. The number of hydrogen-bond donors (Lipinski definition) is 0. The molecule has 2 heterocycles. The monoisotopic (exact) mass is 540 g/mol. The third-order valence-corrected chi connectivity index (χ3v) is 8.76. The fraction of sp³-hybridized carbons (Fsp3) is 0.147. The molecule has 41 heavy (non-hydrogen) atoms. The summed E-state index contributed by atoms with van der Waals surface area (Å²) in [5.41, 5.74) is 2.32. The van der Waals surface area contributed by atoms with Crippen LogP contribution in [0.5, 0.6) is 0 Å². The second-order valence-electron chi connectivity index (χ2n) is 10.8. The molecule has 0 radical (unpaired) electrons. The van der Waals surface area contributed by atoms with Crippen molar-refractivity contribution in [3.63, 3.8) is 0 Å². The number of benzene rings is 4. The fourth-order valence-electron chi connectivity index (χ4n) is 7.01. The van der Waals surface area contributed by atoms with Crippen LogP contribution in [0.3, 0.4) is 0 Å². The van der Waals surface area contributed by atoms with Gasteiger partial charge in [0.25, 0.3) is 5.69 Å². The molecule has 2 aliphatic heterocycles. The number of rotatable bonds is 4. The van der Waals surface area contributed by atoms with Gasteiger partial charge in [0.2, 0.25) is 0 Å². The van der Waals surface area contributed by atoms with Crippen molar-refractivity contribution in [1.29, 1.82) is 0 Å². The Labute approximate surface area is 235 Å². The Hall–Kier alpha value is -5.17. The third-order valence-electron chi connectivity index (χ3n) is 8.76. The summed E-state index contributed by atoms with van der Waals surface area (Å²) in [5, 5.41) is 11.6. The van der Waals surface area contributed by atoms with Crippen molar-refractivity contribution in [3.05, 3.63) is 147 Å². The largest absolute Gasteiger partial charge is 0.352 e. The lowest BCUT2D eigenvalue weighted by Crippen LogP contribution is -2.48. The average molecular weight is 541 g/mol. The summed E-state index contributed by atoms with van der Waals surface area (Å²) in [4.78, 5) is 56.9. The highest BCUT2D eigenvalue weighted by Crippen LogP contribution is 2.61. The molecule has 1 spiro atoms. The van der Waals surface area contributed by atoms with Gasteiger partial charge in [0.05, 0.1) is 11.0 Å². The highest BCUT2D eigenvalue weighted by Gasteiger charge is 2.71. The van der Waals surface area contributed by atoms with E-state index in [-0.39, 0.29) is 28.6 Å². The van der Waals surface area contributed by atoms with Gasteiger partial charge in [-0.15, -0.1) is 0 Å². The summed E-state index contributed by atoms with van der Waals surface area (Å²) in [6, 6.07) is 25.9. The van der Waals surface area contributed by atoms with Crippen molar-refractivity contribution < 1.29 is 19.3 Å². The minimum absolute atomic E-state index is 0.152. The number of ketones is 3. The van der Waals surface area contributed by atoms with Gasteiger partial charge in [0.15, 0.2) is 17.3 Å². The molecule has 3 atom stereocenters. The summed E-state index contributed by atoms with van der Waals surface area (Å²) in [5.74, 6) is -1.86. The van der Waals surface area contributed by atoms with Crippen LogP contribution in [-0.2, 0) is 0 Å². The smallest absolute Gasteiger partial charge is 0.270 e. The SMILES string of the molecule is Cc1ccc([C@H]2[C@H](C(=O)c3cccc([N+](=O)[O-])c3)N3c4ccccc4C=C[C@H]3C23C(=O)c2ccccc2C3=O)cc1. The van der Waals surface area contributed by atoms with E-state index in [0.717, 1.165) is 16.8 Å². The van der Waals surface area contributed by atoms with E-state index < -0.39 is 28.3 Å². The van der Waals surface area contributed by atoms with Crippen molar-refractivity contribution in [2.75, 3.05) is 4.90 Å². The van der Waals surface area contributed by atoms with Crippen LogP contribution in [0.2, 0.25) is 0 Å². The van der Waals surface area contributed by atoms with Crippen LogP contribution in [0.15, 0.2) is 103 Å². The summed E-state index contributed by atoms with van der Waals surface area (Å²) in [6.45, 7) is 1.95. The lowest BCUT2D eigenvalue weighted by atomic mass is 9.64. The number of carbonyl (C=O) groups excluding carboxylic acids is 3. The fourth-order valence-corrected chi connectivity index (χ4v) is 7.01. The number of Topliss-reactive ketones (excluding diaryl/α,β-unsaturated/α-hetero) is 3. The van der Waals surface area contributed by atoms with Crippen molar-refractivity contribution in [3.8, 4) is 0 Å². The Kier molecular flexibility index (Phi) is 5.41. The summed E-state index contributed by atoms with van der Waals surface area (Å²) in [7, 11) is 0. The molecule has 7 rings (SSSR count). The highest BCUT2D eigenvalue weighted by molar-refractivity contribution is 6.32. The molecule has 4 aromatic carbocycles. The maximum absolute atomic E-state index is 14.7. The number of nitrogens with zero attached hydrogens (tertiary/aromatic N) is 2. The molecular weight excluding hydrogens is 516 g/mol. The van der Waals surface area contributed by atoms with Crippen LogP contribution in [0, 0.1) is 22.5 Å². The van der Waals surface area contributed by atoms with Crippen LogP contribution >= 0.6 is 0 Å². The van der Waals surface area contributed by atoms with E-state index in [9.17, 15) is 24.5 Å². The van der Waals surface area contributed by atoms with E-state index in [1.807, 2.05) is 72.5 Å². The number of nitro groups is 1. The zero-order valence-corrected chi connectivity index (χ0v) is 22.1. The predicted molar refractivity (Wildman–Crippen MR) is 154 cm³/mol. The molecule has 7 nitrogen and oxygen atoms in total. The van der Waals surface area contributed by atoms with Crippen molar-refractivity contribution in [1.82, 2.24) is 0 Å². The zero-order chi connectivity index (χ0) is 28.5. The van der Waals surface area contributed by atoms with E-state index in [4.69, 9.17) is 0 Å². The minimum atomic E-state index is -1.61. The van der Waals surface area contributed by atoms with Crippen LogP contribution in [0.4, 0.5) is 11.4 Å². The van der Waals surface area contributed by atoms with E-state index >= 15 is 0 Å². The van der Waals surface area contributed by atoms with Gasteiger partial charge in [-0.25, -0.2) is 0 Å². The number of anilines is 1. The van der Waals surface area contributed by atoms with Crippen molar-refractivity contribution in [2.45, 2.75) is 24.9 Å². The number of nitro benzene ring substituents is 1. The second kappa shape index (κ2) is 8.93. The molecule has 0 amide bonds. The van der Waals surface area contributed by atoms with Crippen LogP contribution in [0.25, 0.3) is 6.08 Å². The average Bonchev–Trinajstić information content (AvgIpc) is 3.43. The molecule has 3 aliphatic rings. The molecular formula is C34H24N2O5. The summed E-state index contributed by atoms with van der Waals surface area (Å²) in [6.07, 6.45) is 3.78. The van der Waals surface area contributed by atoms with Gasteiger partial charge >= 0.3 is 0 Å². The maximum Gasteiger partial charge on any atom is 0.270 e. The van der Waals surface area contributed by atoms with Gasteiger partial charge in [-0.1, -0.05) is 96.6 Å². The lowest BCUT2D eigenvalue weighted by molar-refractivity contribution is -0.384. The summed E-state index contributed by atoms with van der Waals surface area (Å²) < 4.78 is 0. The van der Waals surface area contributed by atoms with E-state index in [0.29, 0.717) is 16.7 Å². The Balaban J connectivity index is 1.54. The van der Waals surface area contributed by atoms with Gasteiger partial charge in [-0.3, -0.25) is 24.5 Å². The van der Waals surface area contributed by atoms with Crippen molar-refractivity contribution in [2.24, 2.45) is 5.41 Å². The van der Waals surface area contributed by atoms with Gasteiger partial charge in [0.1, 0.15) is 11.5 Å². The van der Waals surface area contributed by atoms with Gasteiger partial charge in [-0.2, -0.15) is 0 Å². The second-order valence-corrected chi connectivity index (χ2v) is 10.8. The number of carbonyl (C=O) groups is 3. The van der Waals surface area contributed by atoms with Gasteiger partial charge in [-0.05, 0) is 24.1 Å². The zero-order valence-electron chi connectivity index (χ0n) is 22.1. The molecule has 7 heteroatoms. The number of aryl methyl sites for hydroxylation is 1. The third kappa shape index (κ3) is 3.35. The first-order valence-corrected chi connectivity index (χ1v) is 13.4. The Morgan fingerprint density at radius 2 is 1.51 bits per heavy atom. The number of fused-ring (bicyclic) bond motifs is 5. The number of non-ortho nitro benzene ring substituents is 1. The first kappa shape index (κ1) is 24.8. The molecule has 1 aliphatic carbocycles. The van der Waals surface area contributed by atoms with E-state index in [2.05, 4.69) is 0 Å². The molecule has 1 fully saturated rings. The Morgan fingerprint density at radius 3 is 2.20 bits per heavy atom. The van der Waals surface area contributed by atoms with Crippen LogP contribution in [0.1, 0.15) is 53.7 Å². The molecule has 0 unspecified atom stereocenters. The molecule has 0 aromatic heterocycles. The highest BCUT2D eigenvalue weighted by atomic mass is 16.6. The topological polar surface area (TPSA) is 97.6 Å². The first-order chi connectivity index (χ1) is 19.8. The van der Waals surface area contributed by atoms with Crippen molar-refractivity contribution >= 4 is 34.8 Å². The normalized spacial score (nSPS) is 21.5. The lowest BCUT2D eigenvalue weighted by Gasteiger charge is -2.37. The van der Waals surface area contributed by atoms with Crippen LogP contribution < -0.4 is 4.90 Å². The number of para-hydroxylation sites is 1. The van der Waals surface area contributed by atoms with Gasteiger partial charge in [0, 0.05) is 40.4 Å². The molecule has 0 bridgehead atoms. The predicted octanol–water partition coefficient (Wildman–Crippen LogP) is 6.22. The van der Waals surface area contributed by atoms with Crippen LogP contribution in [-0.4, -0.2) is 34.4 Å².